The van der Waals surface area contributed by atoms with Gasteiger partial charge in [0.15, 0.2) is 0 Å². The summed E-state index contributed by atoms with van der Waals surface area (Å²) in [5.74, 6) is -0.611. The third kappa shape index (κ3) is 4.27. The largest absolute Gasteiger partial charge is 0.370 e. The van der Waals surface area contributed by atoms with E-state index in [0.717, 1.165) is 11.1 Å². The third-order valence-corrected chi connectivity index (χ3v) is 4.97. The Bertz CT molecular complexity index is 838. The number of carbonyl (C=O) groups excluding carboxylic acids is 2. The van der Waals surface area contributed by atoms with Crippen LogP contribution in [0.15, 0.2) is 48.5 Å². The summed E-state index contributed by atoms with van der Waals surface area (Å²) in [7, 11) is 1.56. The lowest BCUT2D eigenvalue weighted by Crippen LogP contribution is -2.54. The molecule has 142 valence electrons. The van der Waals surface area contributed by atoms with E-state index in [0.29, 0.717) is 25.1 Å². The maximum Gasteiger partial charge on any atom is 0.247 e. The lowest BCUT2D eigenvalue weighted by molar-refractivity contribution is -0.130. The predicted octanol–water partition coefficient (Wildman–Crippen LogP) is 2.51. The number of amides is 2. The van der Waals surface area contributed by atoms with Crippen LogP contribution < -0.4 is 10.6 Å². The summed E-state index contributed by atoms with van der Waals surface area (Å²) in [5.41, 5.74) is 1.64. The highest BCUT2D eigenvalue weighted by Gasteiger charge is 2.45. The minimum atomic E-state index is -0.967. The van der Waals surface area contributed by atoms with Crippen LogP contribution in [0.5, 0.6) is 0 Å². The van der Waals surface area contributed by atoms with Gasteiger partial charge in [-0.25, -0.2) is 4.39 Å². The molecule has 3 rings (SSSR count). The molecule has 0 radical (unpaired) electrons. The van der Waals surface area contributed by atoms with E-state index in [1.54, 1.807) is 24.1 Å². The lowest BCUT2D eigenvalue weighted by atomic mass is 9.96. The van der Waals surface area contributed by atoms with Crippen molar-refractivity contribution in [3.05, 3.63) is 65.5 Å². The Morgan fingerprint density at radius 3 is 2.59 bits per heavy atom. The molecule has 0 aliphatic carbocycles. The zero-order valence-corrected chi connectivity index (χ0v) is 15.6. The van der Waals surface area contributed by atoms with Gasteiger partial charge in [-0.15, -0.1) is 0 Å². The van der Waals surface area contributed by atoms with Gasteiger partial charge < -0.3 is 15.5 Å². The van der Waals surface area contributed by atoms with E-state index >= 15 is 0 Å². The second-order valence-corrected chi connectivity index (χ2v) is 7.02. The van der Waals surface area contributed by atoms with Crippen LogP contribution in [0.4, 0.5) is 10.1 Å². The van der Waals surface area contributed by atoms with Gasteiger partial charge in [-0.05, 0) is 37.1 Å². The zero-order chi connectivity index (χ0) is 19.4. The minimum Gasteiger partial charge on any atom is -0.370 e. The van der Waals surface area contributed by atoms with Gasteiger partial charge in [0, 0.05) is 19.3 Å². The topological polar surface area (TPSA) is 61.4 Å². The number of halogens is 1. The van der Waals surface area contributed by atoms with Gasteiger partial charge in [0.05, 0.1) is 13.0 Å². The Balaban J connectivity index is 1.74. The second kappa shape index (κ2) is 7.78. The van der Waals surface area contributed by atoms with Crippen molar-refractivity contribution in [1.82, 2.24) is 10.2 Å². The molecule has 1 unspecified atom stereocenters. The first-order valence-corrected chi connectivity index (χ1v) is 9.01. The molecule has 0 spiro atoms. The molecule has 0 saturated carbocycles. The molecular formula is C21H24FN3O2. The molecule has 2 aromatic carbocycles. The maximum absolute atomic E-state index is 13.5. The van der Waals surface area contributed by atoms with Crippen LogP contribution in [0.1, 0.15) is 17.5 Å². The van der Waals surface area contributed by atoms with Gasteiger partial charge in [0.2, 0.25) is 11.8 Å². The molecule has 2 amide bonds. The number of hydrogen-bond acceptors (Lipinski definition) is 3. The van der Waals surface area contributed by atoms with Crippen molar-refractivity contribution in [2.75, 3.05) is 25.5 Å². The molecule has 1 saturated heterocycles. The number of anilines is 1. The van der Waals surface area contributed by atoms with Crippen LogP contribution in [0.3, 0.4) is 0 Å². The summed E-state index contributed by atoms with van der Waals surface area (Å²) < 4.78 is 13.5. The Morgan fingerprint density at radius 2 is 1.93 bits per heavy atom. The molecule has 2 N–H and O–H groups in total. The van der Waals surface area contributed by atoms with Crippen LogP contribution in [0.25, 0.3) is 0 Å². The number of benzene rings is 2. The molecule has 27 heavy (non-hydrogen) atoms. The smallest absolute Gasteiger partial charge is 0.247 e. The average molecular weight is 369 g/mol. The van der Waals surface area contributed by atoms with Crippen LogP contribution in [0.2, 0.25) is 0 Å². The number of nitrogens with one attached hydrogen (secondary N) is 2. The molecule has 1 fully saturated rings. The highest BCUT2D eigenvalue weighted by atomic mass is 19.1. The highest BCUT2D eigenvalue weighted by molar-refractivity contribution is 5.91. The second-order valence-electron chi connectivity index (χ2n) is 7.02. The number of hydrogen-bond donors (Lipinski definition) is 2. The van der Waals surface area contributed by atoms with Crippen molar-refractivity contribution in [2.24, 2.45) is 0 Å². The molecule has 5 nitrogen and oxygen atoms in total. The molecule has 1 atom stereocenters. The summed E-state index contributed by atoms with van der Waals surface area (Å²) in [4.78, 5) is 27.0. The first kappa shape index (κ1) is 18.9. The SMILES string of the molecule is CNC(=O)C1(Nc2cccc(F)c2)CCN(C(=O)Cc2ccc(C)cc2)C1. The van der Waals surface area contributed by atoms with Gasteiger partial charge in [-0.1, -0.05) is 35.9 Å². The highest BCUT2D eigenvalue weighted by Crippen LogP contribution is 2.27. The van der Waals surface area contributed by atoms with Crippen molar-refractivity contribution in [3.63, 3.8) is 0 Å². The molecule has 2 aromatic rings. The molecule has 0 bridgehead atoms. The third-order valence-electron chi connectivity index (χ3n) is 4.97. The molecule has 1 aliphatic heterocycles. The number of likely N-dealkylation sites (tertiary alicyclic amines) is 1. The van der Waals surface area contributed by atoms with Gasteiger partial charge >= 0.3 is 0 Å². The van der Waals surface area contributed by atoms with Crippen molar-refractivity contribution < 1.29 is 14.0 Å². The fourth-order valence-electron chi connectivity index (χ4n) is 3.44. The van der Waals surface area contributed by atoms with Crippen molar-refractivity contribution in [2.45, 2.75) is 25.3 Å². The van der Waals surface area contributed by atoms with Crippen molar-refractivity contribution >= 4 is 17.5 Å². The van der Waals surface area contributed by atoms with Crippen LogP contribution in [-0.2, 0) is 16.0 Å². The molecule has 6 heteroatoms. The minimum absolute atomic E-state index is 0.0225. The quantitative estimate of drug-likeness (QED) is 0.851. The molecule has 1 heterocycles. The normalized spacial score (nSPS) is 19.0. The predicted molar refractivity (Wildman–Crippen MR) is 103 cm³/mol. The van der Waals surface area contributed by atoms with E-state index in [-0.39, 0.29) is 24.2 Å². The van der Waals surface area contributed by atoms with E-state index in [2.05, 4.69) is 10.6 Å². The Kier molecular flexibility index (Phi) is 5.44. The van der Waals surface area contributed by atoms with E-state index in [1.165, 1.54) is 12.1 Å². The summed E-state index contributed by atoms with van der Waals surface area (Å²) in [5, 5.41) is 5.82. The van der Waals surface area contributed by atoms with Gasteiger partial charge in [0.25, 0.3) is 0 Å². The Morgan fingerprint density at radius 1 is 1.19 bits per heavy atom. The van der Waals surface area contributed by atoms with E-state index in [9.17, 15) is 14.0 Å². The van der Waals surface area contributed by atoms with Crippen molar-refractivity contribution in [3.8, 4) is 0 Å². The van der Waals surface area contributed by atoms with Crippen LogP contribution in [0, 0.1) is 12.7 Å². The Hall–Kier alpha value is -2.89. The fourth-order valence-corrected chi connectivity index (χ4v) is 3.44. The first-order chi connectivity index (χ1) is 12.9. The fraction of sp³-hybridized carbons (Fsp3) is 0.333. The number of likely N-dealkylation sites (N-methyl/N-ethyl adjacent to an activating group) is 1. The first-order valence-electron chi connectivity index (χ1n) is 9.01. The number of rotatable bonds is 5. The van der Waals surface area contributed by atoms with E-state index in [1.807, 2.05) is 31.2 Å². The van der Waals surface area contributed by atoms with Gasteiger partial charge in [-0.2, -0.15) is 0 Å². The average Bonchev–Trinajstić information content (AvgIpc) is 3.08. The number of nitrogens with zero attached hydrogens (tertiary/aromatic N) is 1. The van der Waals surface area contributed by atoms with Gasteiger partial charge in [-0.3, -0.25) is 9.59 Å². The standard InChI is InChI=1S/C21H24FN3O2/c1-15-6-8-16(9-7-15)12-19(26)25-11-10-21(14-25,20(27)23-2)24-18-5-3-4-17(22)13-18/h3-9,13,24H,10-12,14H2,1-2H3,(H,23,27). The van der Waals surface area contributed by atoms with E-state index in [4.69, 9.17) is 0 Å². The Labute approximate surface area is 158 Å². The lowest BCUT2D eigenvalue weighted by Gasteiger charge is -2.30. The van der Waals surface area contributed by atoms with Crippen LogP contribution in [-0.4, -0.2) is 42.4 Å². The van der Waals surface area contributed by atoms with Crippen molar-refractivity contribution in [1.29, 1.82) is 0 Å². The maximum atomic E-state index is 13.5. The summed E-state index contributed by atoms with van der Waals surface area (Å²) in [6.07, 6.45) is 0.757. The van der Waals surface area contributed by atoms with Crippen LogP contribution >= 0.6 is 0 Å². The van der Waals surface area contributed by atoms with E-state index < -0.39 is 5.54 Å². The number of aryl methyl sites for hydroxylation is 1. The molecular weight excluding hydrogens is 345 g/mol. The molecule has 0 aromatic heterocycles. The summed E-state index contributed by atoms with van der Waals surface area (Å²) in [6, 6.07) is 13.8. The monoisotopic (exact) mass is 369 g/mol. The molecule has 1 aliphatic rings. The summed E-state index contributed by atoms with van der Waals surface area (Å²) >= 11 is 0. The number of carbonyl (C=O) groups is 2. The zero-order valence-electron chi connectivity index (χ0n) is 15.6. The summed E-state index contributed by atoms with van der Waals surface area (Å²) in [6.45, 7) is 2.72. The van der Waals surface area contributed by atoms with Gasteiger partial charge in [0.1, 0.15) is 11.4 Å².